The van der Waals surface area contributed by atoms with Crippen LogP contribution in [-0.2, 0) is 11.2 Å². The zero-order valence-corrected chi connectivity index (χ0v) is 12.3. The number of alkyl halides is 2. The van der Waals surface area contributed by atoms with Gasteiger partial charge in [0.05, 0.1) is 6.42 Å². The number of rotatable bonds is 4. The number of amides is 1. The van der Waals surface area contributed by atoms with Crippen LogP contribution in [0.4, 0.5) is 8.78 Å². The number of nitrogens with one attached hydrogen (secondary N) is 1. The highest BCUT2D eigenvalue weighted by atomic mass is 19.3. The van der Waals surface area contributed by atoms with E-state index >= 15 is 0 Å². The predicted octanol–water partition coefficient (Wildman–Crippen LogP) is 2.18. The Balaban J connectivity index is 1.57. The maximum Gasteiger partial charge on any atom is 0.387 e. The van der Waals surface area contributed by atoms with E-state index in [1.165, 1.54) is 18.6 Å². The average Bonchev–Trinajstić information content (AvgIpc) is 2.79. The first-order valence-corrected chi connectivity index (χ1v) is 7.68. The fraction of sp³-hybridized carbons (Fsp3) is 0.562. The summed E-state index contributed by atoms with van der Waals surface area (Å²) >= 11 is 0. The molecular formula is C16H20F2N2O2. The van der Waals surface area contributed by atoms with Gasteiger partial charge in [0.2, 0.25) is 5.91 Å². The van der Waals surface area contributed by atoms with Crippen LogP contribution in [0.25, 0.3) is 0 Å². The summed E-state index contributed by atoms with van der Waals surface area (Å²) in [4.78, 5) is 14.3. The molecule has 1 N–H and O–H groups in total. The molecule has 0 spiro atoms. The van der Waals surface area contributed by atoms with Gasteiger partial charge in [-0.1, -0.05) is 12.1 Å². The van der Waals surface area contributed by atoms with Crippen molar-refractivity contribution < 1.29 is 18.3 Å². The standard InChI is InChI=1S/C16H20F2N2O2/c17-16(18)22-14-5-1-11(2-6-14)9-15(21)20-8-7-12-3-4-13(10-20)19-12/h1-2,5-6,12-13,16,19H,3-4,7-10H2. The molecule has 3 rings (SSSR count). The summed E-state index contributed by atoms with van der Waals surface area (Å²) in [5, 5.41) is 3.55. The van der Waals surface area contributed by atoms with Crippen molar-refractivity contribution in [3.63, 3.8) is 0 Å². The van der Waals surface area contributed by atoms with Crippen LogP contribution in [0.2, 0.25) is 0 Å². The van der Waals surface area contributed by atoms with Crippen molar-refractivity contribution in [2.75, 3.05) is 13.1 Å². The molecule has 2 aliphatic rings. The summed E-state index contributed by atoms with van der Waals surface area (Å²) in [5.74, 6) is 0.208. The zero-order valence-electron chi connectivity index (χ0n) is 12.3. The van der Waals surface area contributed by atoms with Crippen molar-refractivity contribution in [1.29, 1.82) is 0 Å². The Morgan fingerprint density at radius 2 is 1.95 bits per heavy atom. The third kappa shape index (κ3) is 3.74. The van der Waals surface area contributed by atoms with E-state index in [-0.39, 0.29) is 11.7 Å². The first-order valence-electron chi connectivity index (χ1n) is 7.68. The van der Waals surface area contributed by atoms with Crippen LogP contribution in [-0.4, -0.2) is 42.6 Å². The van der Waals surface area contributed by atoms with Gasteiger partial charge in [0.25, 0.3) is 0 Å². The fourth-order valence-electron chi connectivity index (χ4n) is 3.24. The van der Waals surface area contributed by atoms with Crippen molar-refractivity contribution in [2.45, 2.75) is 44.4 Å². The molecule has 4 nitrogen and oxygen atoms in total. The van der Waals surface area contributed by atoms with Crippen LogP contribution in [0.15, 0.2) is 24.3 Å². The minimum atomic E-state index is -2.83. The normalized spacial score (nSPS) is 24.4. The van der Waals surface area contributed by atoms with Gasteiger partial charge in [-0.15, -0.1) is 0 Å². The van der Waals surface area contributed by atoms with Gasteiger partial charge in [0.1, 0.15) is 5.75 Å². The molecule has 1 amide bonds. The number of carbonyl (C=O) groups excluding carboxylic acids is 1. The summed E-state index contributed by atoms with van der Waals surface area (Å²) in [6.07, 6.45) is 3.64. The van der Waals surface area contributed by atoms with Gasteiger partial charge in [-0.2, -0.15) is 8.78 Å². The molecule has 1 aromatic carbocycles. The molecule has 2 atom stereocenters. The highest BCUT2D eigenvalue weighted by molar-refractivity contribution is 5.79. The zero-order chi connectivity index (χ0) is 15.5. The van der Waals surface area contributed by atoms with Crippen molar-refractivity contribution in [1.82, 2.24) is 10.2 Å². The lowest BCUT2D eigenvalue weighted by Crippen LogP contribution is -2.39. The topological polar surface area (TPSA) is 41.6 Å². The number of likely N-dealkylation sites (tertiary alicyclic amines) is 1. The van der Waals surface area contributed by atoms with Crippen molar-refractivity contribution >= 4 is 5.91 Å². The Hall–Kier alpha value is -1.69. The Bertz CT molecular complexity index is 521. The predicted molar refractivity (Wildman–Crippen MR) is 77.9 cm³/mol. The van der Waals surface area contributed by atoms with E-state index in [2.05, 4.69) is 10.1 Å². The average molecular weight is 310 g/mol. The molecule has 120 valence electrons. The SMILES string of the molecule is O=C(Cc1ccc(OC(F)F)cc1)N1CCC2CCC(C1)N2. The van der Waals surface area contributed by atoms with E-state index in [1.807, 2.05) is 4.90 Å². The van der Waals surface area contributed by atoms with Crippen molar-refractivity contribution in [3.8, 4) is 5.75 Å². The van der Waals surface area contributed by atoms with Gasteiger partial charge < -0.3 is 15.0 Å². The first kappa shape index (κ1) is 15.2. The largest absolute Gasteiger partial charge is 0.435 e. The fourth-order valence-corrected chi connectivity index (χ4v) is 3.24. The number of nitrogens with zero attached hydrogens (tertiary/aromatic N) is 1. The highest BCUT2D eigenvalue weighted by Crippen LogP contribution is 2.21. The highest BCUT2D eigenvalue weighted by Gasteiger charge is 2.30. The molecular weight excluding hydrogens is 290 g/mol. The van der Waals surface area contributed by atoms with Gasteiger partial charge in [-0.25, -0.2) is 0 Å². The second kappa shape index (κ2) is 6.60. The Labute approximate surface area is 128 Å². The minimum absolute atomic E-state index is 0.0943. The Morgan fingerprint density at radius 1 is 1.23 bits per heavy atom. The maximum atomic E-state index is 12.4. The third-order valence-electron chi connectivity index (χ3n) is 4.38. The number of hydrogen-bond donors (Lipinski definition) is 1. The summed E-state index contributed by atoms with van der Waals surface area (Å²) in [6, 6.07) is 7.24. The molecule has 2 aliphatic heterocycles. The van der Waals surface area contributed by atoms with Crippen LogP contribution in [0.1, 0.15) is 24.8 Å². The van der Waals surface area contributed by atoms with E-state index in [0.717, 1.165) is 31.5 Å². The molecule has 2 saturated heterocycles. The molecule has 2 fully saturated rings. The van der Waals surface area contributed by atoms with E-state index in [4.69, 9.17) is 0 Å². The molecule has 2 unspecified atom stereocenters. The van der Waals surface area contributed by atoms with Crippen LogP contribution in [0.3, 0.4) is 0 Å². The lowest BCUT2D eigenvalue weighted by molar-refractivity contribution is -0.130. The monoisotopic (exact) mass is 310 g/mol. The van der Waals surface area contributed by atoms with Crippen molar-refractivity contribution in [2.24, 2.45) is 0 Å². The molecule has 1 aromatic rings. The van der Waals surface area contributed by atoms with E-state index < -0.39 is 6.61 Å². The quantitative estimate of drug-likeness (QED) is 0.927. The molecule has 0 aliphatic carbocycles. The summed E-state index contributed by atoms with van der Waals surface area (Å²) in [5.41, 5.74) is 0.814. The smallest absolute Gasteiger partial charge is 0.387 e. The lowest BCUT2D eigenvalue weighted by atomic mass is 10.1. The van der Waals surface area contributed by atoms with Gasteiger partial charge in [0, 0.05) is 25.2 Å². The van der Waals surface area contributed by atoms with Crippen LogP contribution in [0.5, 0.6) is 5.75 Å². The van der Waals surface area contributed by atoms with Gasteiger partial charge in [0.15, 0.2) is 0 Å². The molecule has 0 radical (unpaired) electrons. The van der Waals surface area contributed by atoms with E-state index in [1.54, 1.807) is 12.1 Å². The van der Waals surface area contributed by atoms with Gasteiger partial charge in [-0.3, -0.25) is 4.79 Å². The number of hydrogen-bond acceptors (Lipinski definition) is 3. The number of carbonyl (C=O) groups is 1. The second-order valence-corrected chi connectivity index (χ2v) is 5.97. The van der Waals surface area contributed by atoms with Crippen molar-refractivity contribution in [3.05, 3.63) is 29.8 Å². The number of benzene rings is 1. The number of halogens is 2. The first-order chi connectivity index (χ1) is 10.6. The molecule has 0 aromatic heterocycles. The Kier molecular flexibility index (Phi) is 4.57. The Morgan fingerprint density at radius 3 is 2.68 bits per heavy atom. The third-order valence-corrected chi connectivity index (χ3v) is 4.38. The van der Waals surface area contributed by atoms with E-state index in [0.29, 0.717) is 18.5 Å². The van der Waals surface area contributed by atoms with Crippen LogP contribution < -0.4 is 10.1 Å². The molecule has 2 heterocycles. The van der Waals surface area contributed by atoms with Crippen LogP contribution in [0, 0.1) is 0 Å². The molecule has 22 heavy (non-hydrogen) atoms. The number of fused-ring (bicyclic) bond motifs is 2. The molecule has 0 saturated carbocycles. The molecule has 6 heteroatoms. The van der Waals surface area contributed by atoms with Crippen LogP contribution >= 0.6 is 0 Å². The lowest BCUT2D eigenvalue weighted by Gasteiger charge is -2.24. The van der Waals surface area contributed by atoms with E-state index in [9.17, 15) is 13.6 Å². The summed E-state index contributed by atoms with van der Waals surface area (Å²) < 4.78 is 28.5. The maximum absolute atomic E-state index is 12.4. The molecule has 2 bridgehead atoms. The summed E-state index contributed by atoms with van der Waals surface area (Å²) in [6.45, 7) is -1.27. The second-order valence-electron chi connectivity index (χ2n) is 5.97. The van der Waals surface area contributed by atoms with Gasteiger partial charge >= 0.3 is 6.61 Å². The van der Waals surface area contributed by atoms with Gasteiger partial charge in [-0.05, 0) is 37.0 Å². The number of ether oxygens (including phenoxy) is 1. The minimum Gasteiger partial charge on any atom is -0.435 e. The summed E-state index contributed by atoms with van der Waals surface area (Å²) in [7, 11) is 0.